The maximum absolute atomic E-state index is 14.0. The number of aromatic nitrogens is 2. The summed E-state index contributed by atoms with van der Waals surface area (Å²) in [6, 6.07) is 17.0. The monoisotopic (exact) mass is 561 g/mol. The summed E-state index contributed by atoms with van der Waals surface area (Å²) >= 11 is 0. The molecule has 0 unspecified atom stereocenters. The Morgan fingerprint density at radius 1 is 1.10 bits per heavy atom. The maximum atomic E-state index is 14.0. The molecular weight excluding hydrogens is 533 g/mol. The fourth-order valence-corrected chi connectivity index (χ4v) is 5.23. The smallest absolute Gasteiger partial charge is 0.488 e. The molecule has 0 bridgehead atoms. The van der Waals surface area contributed by atoms with Crippen LogP contribution in [0.2, 0.25) is 0 Å². The molecule has 0 amide bonds. The van der Waals surface area contributed by atoms with E-state index < -0.39 is 10.5 Å². The lowest BCUT2D eigenvalue weighted by molar-refractivity contribution is 0.272. The van der Waals surface area contributed by atoms with E-state index in [1.54, 1.807) is 36.4 Å². The Morgan fingerprint density at radius 2 is 1.90 bits per heavy atom. The molecule has 0 radical (unpaired) electrons. The van der Waals surface area contributed by atoms with E-state index in [0.29, 0.717) is 63.0 Å². The highest BCUT2D eigenvalue weighted by atomic mass is 32.3. The lowest BCUT2D eigenvalue weighted by Crippen LogP contribution is -2.13. The number of aryl methyl sites for hydroxylation is 1. The first-order chi connectivity index (χ1) is 19.1. The molecule has 0 fully saturated rings. The molecule has 5 aromatic rings. The van der Waals surface area contributed by atoms with Crippen molar-refractivity contribution in [1.29, 1.82) is 5.26 Å². The van der Waals surface area contributed by atoms with Crippen LogP contribution in [0.3, 0.4) is 0 Å². The topological polar surface area (TPSA) is 114 Å². The van der Waals surface area contributed by atoms with E-state index >= 15 is 0 Å². The summed E-state index contributed by atoms with van der Waals surface area (Å²) in [5, 5.41) is 11.1. The summed E-state index contributed by atoms with van der Waals surface area (Å²) in [6.07, 6.45) is 1.78. The summed E-state index contributed by atoms with van der Waals surface area (Å²) in [4.78, 5) is 17.4. The number of H-pyrrole nitrogens is 1. The zero-order valence-corrected chi connectivity index (χ0v) is 23.1. The number of hydrogen-bond donors (Lipinski definition) is 1. The quantitative estimate of drug-likeness (QED) is 0.203. The van der Waals surface area contributed by atoms with E-state index in [1.807, 2.05) is 19.9 Å². The van der Waals surface area contributed by atoms with Gasteiger partial charge in [0.15, 0.2) is 5.43 Å². The van der Waals surface area contributed by atoms with Crippen LogP contribution in [-0.2, 0) is 17.0 Å². The number of benzene rings is 3. The van der Waals surface area contributed by atoms with Crippen LogP contribution in [0.1, 0.15) is 39.2 Å². The third kappa shape index (κ3) is 5.25. The molecule has 0 saturated carbocycles. The molecule has 0 saturated heterocycles. The molecule has 0 aliphatic heterocycles. The molecule has 8 nitrogen and oxygen atoms in total. The van der Waals surface area contributed by atoms with Crippen LogP contribution < -0.4 is 14.3 Å². The van der Waals surface area contributed by atoms with Crippen molar-refractivity contribution in [3.05, 3.63) is 70.4 Å². The van der Waals surface area contributed by atoms with E-state index in [2.05, 4.69) is 26.7 Å². The standard InChI is InChI=1S/C30H28FN3O5S/c1-4-5-11-34-26-14-23(20-7-6-8-21(13-20)39-40(31,36)37)27(38-17-18(2)3)15-24(26)29(35)28-22-10-9-19(16-32)12-25(22)33-30(28)34/h6-10,12-15,18,33H,4-5,11,17H2,1-3H3. The number of rotatable bonds is 9. The lowest BCUT2D eigenvalue weighted by atomic mass is 10.00. The average Bonchev–Trinajstić information content (AvgIpc) is 3.29. The van der Waals surface area contributed by atoms with Crippen molar-refractivity contribution < 1.29 is 21.2 Å². The Hall–Kier alpha value is -4.36. The summed E-state index contributed by atoms with van der Waals surface area (Å²) in [5.41, 5.74) is 3.46. The van der Waals surface area contributed by atoms with Crippen LogP contribution in [0.15, 0.2) is 59.4 Å². The average molecular weight is 562 g/mol. The Kier molecular flexibility index (Phi) is 7.25. The van der Waals surface area contributed by atoms with Gasteiger partial charge in [0, 0.05) is 23.0 Å². The molecule has 10 heteroatoms. The number of aromatic amines is 1. The first kappa shape index (κ1) is 27.2. The zero-order chi connectivity index (χ0) is 28.6. The predicted octanol–water partition coefficient (Wildman–Crippen LogP) is 6.60. The summed E-state index contributed by atoms with van der Waals surface area (Å²) in [6.45, 7) is 7.09. The minimum Gasteiger partial charge on any atom is -0.493 e. The molecule has 0 atom stereocenters. The molecule has 40 heavy (non-hydrogen) atoms. The normalized spacial score (nSPS) is 11.9. The minimum atomic E-state index is -5.21. The van der Waals surface area contributed by atoms with Gasteiger partial charge in [-0.25, -0.2) is 0 Å². The molecule has 0 aliphatic rings. The van der Waals surface area contributed by atoms with Crippen molar-refractivity contribution >= 4 is 43.3 Å². The van der Waals surface area contributed by atoms with Crippen LogP contribution in [0.25, 0.3) is 44.0 Å². The molecule has 206 valence electrons. The highest BCUT2D eigenvalue weighted by Crippen LogP contribution is 2.37. The fraction of sp³-hybridized carbons (Fsp3) is 0.267. The van der Waals surface area contributed by atoms with Gasteiger partial charge in [-0.2, -0.15) is 13.7 Å². The lowest BCUT2D eigenvalue weighted by Gasteiger charge is -2.18. The van der Waals surface area contributed by atoms with Crippen LogP contribution >= 0.6 is 0 Å². The number of nitrogens with zero attached hydrogens (tertiary/aromatic N) is 2. The third-order valence-corrected chi connectivity index (χ3v) is 7.08. The van der Waals surface area contributed by atoms with Gasteiger partial charge < -0.3 is 18.5 Å². The number of halogens is 1. The van der Waals surface area contributed by atoms with Gasteiger partial charge in [-0.3, -0.25) is 4.79 Å². The van der Waals surface area contributed by atoms with Gasteiger partial charge in [0.2, 0.25) is 0 Å². The Bertz CT molecular complexity index is 1970. The van der Waals surface area contributed by atoms with Crippen molar-refractivity contribution in [3.63, 3.8) is 0 Å². The molecule has 0 aliphatic carbocycles. The summed E-state index contributed by atoms with van der Waals surface area (Å²) in [7, 11) is -5.21. The molecule has 3 aromatic carbocycles. The highest BCUT2D eigenvalue weighted by molar-refractivity contribution is 7.81. The molecular formula is C30H28FN3O5S. The van der Waals surface area contributed by atoms with E-state index in [4.69, 9.17) is 4.74 Å². The molecule has 2 aromatic heterocycles. The summed E-state index contributed by atoms with van der Waals surface area (Å²) in [5.74, 6) is 0.450. The van der Waals surface area contributed by atoms with Gasteiger partial charge in [-0.05, 0) is 54.3 Å². The van der Waals surface area contributed by atoms with Gasteiger partial charge >= 0.3 is 10.5 Å². The molecule has 5 rings (SSSR count). The number of unbranched alkanes of at least 4 members (excludes halogenated alkanes) is 1. The van der Waals surface area contributed by atoms with Gasteiger partial charge in [0.25, 0.3) is 0 Å². The number of ether oxygens (including phenoxy) is 1. The van der Waals surface area contributed by atoms with E-state index in [9.17, 15) is 22.4 Å². The first-order valence-corrected chi connectivity index (χ1v) is 14.3. The minimum absolute atomic E-state index is 0.171. The van der Waals surface area contributed by atoms with Crippen molar-refractivity contribution in [1.82, 2.24) is 9.55 Å². The number of fused-ring (bicyclic) bond motifs is 4. The van der Waals surface area contributed by atoms with Crippen LogP contribution in [-0.4, -0.2) is 24.6 Å². The predicted molar refractivity (Wildman–Crippen MR) is 154 cm³/mol. The zero-order valence-electron chi connectivity index (χ0n) is 22.3. The van der Waals surface area contributed by atoms with Crippen LogP contribution in [0.5, 0.6) is 11.5 Å². The number of hydrogen-bond acceptors (Lipinski definition) is 6. The van der Waals surface area contributed by atoms with E-state index in [-0.39, 0.29) is 17.1 Å². The van der Waals surface area contributed by atoms with Crippen LogP contribution in [0, 0.1) is 17.2 Å². The number of pyridine rings is 1. The third-order valence-electron chi connectivity index (χ3n) is 6.69. The van der Waals surface area contributed by atoms with Crippen molar-refractivity contribution in [3.8, 4) is 28.7 Å². The largest absolute Gasteiger partial charge is 0.493 e. The van der Waals surface area contributed by atoms with Gasteiger partial charge in [0.05, 0.1) is 34.5 Å². The van der Waals surface area contributed by atoms with Crippen LogP contribution in [0.4, 0.5) is 3.89 Å². The number of nitrogens with one attached hydrogen (secondary N) is 1. The second-order valence-corrected chi connectivity index (χ2v) is 11.1. The Morgan fingerprint density at radius 3 is 2.60 bits per heavy atom. The number of nitriles is 1. The molecule has 0 spiro atoms. The highest BCUT2D eigenvalue weighted by Gasteiger charge is 2.20. The van der Waals surface area contributed by atoms with Crippen molar-refractivity contribution in [2.75, 3.05) is 6.61 Å². The van der Waals surface area contributed by atoms with E-state index in [0.717, 1.165) is 18.2 Å². The van der Waals surface area contributed by atoms with Crippen molar-refractivity contribution in [2.24, 2.45) is 5.92 Å². The fourth-order valence-electron chi connectivity index (χ4n) is 4.89. The second kappa shape index (κ2) is 10.7. The summed E-state index contributed by atoms with van der Waals surface area (Å²) < 4.78 is 48.2. The second-order valence-electron chi connectivity index (χ2n) is 10.1. The van der Waals surface area contributed by atoms with Gasteiger partial charge in [-0.15, -0.1) is 0 Å². The Balaban J connectivity index is 1.85. The SMILES string of the molecule is CCCCn1c2cc(-c3cccc(OS(=O)(=O)F)c3)c(OCC(C)C)cc2c(=O)c2c3ccc(C#N)cc3[nH]c21. The maximum Gasteiger partial charge on any atom is 0.488 e. The Labute approximate surface area is 231 Å². The van der Waals surface area contributed by atoms with Gasteiger partial charge in [-0.1, -0.05) is 49.3 Å². The van der Waals surface area contributed by atoms with Crippen molar-refractivity contribution in [2.45, 2.75) is 40.2 Å². The molecule has 2 heterocycles. The molecule has 1 N–H and O–H groups in total. The van der Waals surface area contributed by atoms with Gasteiger partial charge in [0.1, 0.15) is 17.1 Å². The first-order valence-electron chi connectivity index (χ1n) is 13.0. The van der Waals surface area contributed by atoms with E-state index in [1.165, 1.54) is 12.1 Å².